The minimum Gasteiger partial charge on any atom is -0.456 e. The van der Waals surface area contributed by atoms with Crippen LogP contribution in [-0.4, -0.2) is 34.5 Å². The smallest absolute Gasteiger partial charge is 0.322 e. The molecule has 2 aromatic heterocycles. The van der Waals surface area contributed by atoms with E-state index in [9.17, 15) is 14.4 Å². The minimum absolute atomic E-state index is 0.0322. The molecule has 0 unspecified atom stereocenters. The molecule has 3 aromatic rings. The van der Waals surface area contributed by atoms with Crippen molar-refractivity contribution in [3.8, 4) is 11.5 Å². The highest BCUT2D eigenvalue weighted by Gasteiger charge is 2.15. The van der Waals surface area contributed by atoms with Crippen LogP contribution in [0.4, 0.5) is 6.01 Å². The zero-order chi connectivity index (χ0) is 19.9. The van der Waals surface area contributed by atoms with Crippen molar-refractivity contribution >= 4 is 35.0 Å². The standard InChI is InChI=1S/C19H17N3O5S/c1-12-7-9-15(28-12)14(23)8-10-17(25)26-11-16(24)20-19-22-21-18(27-19)13-5-3-2-4-6-13/h2-7,9H,8,10-11H2,1H3,(H,20,22,24). The van der Waals surface area contributed by atoms with Crippen molar-refractivity contribution < 1.29 is 23.5 Å². The molecule has 0 saturated carbocycles. The van der Waals surface area contributed by atoms with Gasteiger partial charge in [0.15, 0.2) is 12.4 Å². The molecule has 144 valence electrons. The molecular formula is C19H17N3O5S. The number of ketones is 1. The summed E-state index contributed by atoms with van der Waals surface area (Å²) in [6.07, 6.45) is -0.0632. The van der Waals surface area contributed by atoms with Gasteiger partial charge in [0.05, 0.1) is 11.3 Å². The van der Waals surface area contributed by atoms with Crippen LogP contribution < -0.4 is 5.32 Å². The molecule has 1 amide bonds. The molecule has 0 radical (unpaired) electrons. The number of benzene rings is 1. The molecule has 0 aliphatic carbocycles. The highest BCUT2D eigenvalue weighted by Crippen LogP contribution is 2.19. The van der Waals surface area contributed by atoms with Crippen LogP contribution in [0.2, 0.25) is 0 Å². The van der Waals surface area contributed by atoms with Crippen molar-refractivity contribution in [3.05, 3.63) is 52.2 Å². The van der Waals surface area contributed by atoms with E-state index in [4.69, 9.17) is 9.15 Å². The number of aryl methyl sites for hydroxylation is 1. The topological polar surface area (TPSA) is 111 Å². The van der Waals surface area contributed by atoms with Crippen molar-refractivity contribution in [2.75, 3.05) is 11.9 Å². The average Bonchev–Trinajstić information content (AvgIpc) is 3.34. The van der Waals surface area contributed by atoms with Crippen LogP contribution in [0.25, 0.3) is 11.5 Å². The number of amides is 1. The number of anilines is 1. The van der Waals surface area contributed by atoms with E-state index >= 15 is 0 Å². The molecule has 1 N–H and O–H groups in total. The number of nitrogens with one attached hydrogen (secondary N) is 1. The molecule has 8 nitrogen and oxygen atoms in total. The Hall–Kier alpha value is -3.33. The van der Waals surface area contributed by atoms with Gasteiger partial charge in [-0.05, 0) is 31.2 Å². The lowest BCUT2D eigenvalue weighted by Crippen LogP contribution is -2.21. The second-order valence-corrected chi connectivity index (χ2v) is 7.11. The zero-order valence-electron chi connectivity index (χ0n) is 15.0. The summed E-state index contributed by atoms with van der Waals surface area (Å²) in [6.45, 7) is 1.40. The molecule has 2 heterocycles. The van der Waals surface area contributed by atoms with Gasteiger partial charge in [0.2, 0.25) is 5.89 Å². The van der Waals surface area contributed by atoms with Crippen LogP contribution in [-0.2, 0) is 14.3 Å². The third-order valence-electron chi connectivity index (χ3n) is 3.63. The SMILES string of the molecule is Cc1ccc(C(=O)CCC(=O)OCC(=O)Nc2nnc(-c3ccccc3)o2)s1. The minimum atomic E-state index is -0.632. The van der Waals surface area contributed by atoms with E-state index in [1.807, 2.05) is 31.2 Å². The predicted octanol–water partition coefficient (Wildman–Crippen LogP) is 3.25. The number of hydrogen-bond donors (Lipinski definition) is 1. The third kappa shape index (κ3) is 5.34. The summed E-state index contributed by atoms with van der Waals surface area (Å²) in [6, 6.07) is 12.6. The Labute approximate surface area is 164 Å². The summed E-state index contributed by atoms with van der Waals surface area (Å²) in [5, 5.41) is 9.92. The van der Waals surface area contributed by atoms with E-state index < -0.39 is 18.5 Å². The average molecular weight is 399 g/mol. The lowest BCUT2D eigenvalue weighted by molar-refractivity contribution is -0.147. The fraction of sp³-hybridized carbons (Fsp3) is 0.211. The third-order valence-corrected chi connectivity index (χ3v) is 4.67. The monoisotopic (exact) mass is 399 g/mol. The summed E-state index contributed by atoms with van der Waals surface area (Å²) in [5.41, 5.74) is 0.715. The Morgan fingerprint density at radius 2 is 1.86 bits per heavy atom. The number of ether oxygens (including phenoxy) is 1. The van der Waals surface area contributed by atoms with Gasteiger partial charge >= 0.3 is 12.0 Å². The molecule has 0 atom stereocenters. The number of esters is 1. The molecule has 0 fully saturated rings. The molecule has 0 aliphatic rings. The number of Topliss-reactive ketones (excluding diaryl/α,β-unsaturated/α-hetero) is 1. The van der Waals surface area contributed by atoms with Gasteiger partial charge in [-0.2, -0.15) is 0 Å². The van der Waals surface area contributed by atoms with Crippen molar-refractivity contribution in [1.82, 2.24) is 10.2 Å². The Morgan fingerprint density at radius 1 is 1.07 bits per heavy atom. The molecule has 0 saturated heterocycles. The molecule has 28 heavy (non-hydrogen) atoms. The molecule has 0 aliphatic heterocycles. The van der Waals surface area contributed by atoms with Gasteiger partial charge in [-0.15, -0.1) is 16.4 Å². The second kappa shape index (κ2) is 9.05. The molecule has 0 bridgehead atoms. The first kappa shape index (κ1) is 19.4. The van der Waals surface area contributed by atoms with Gasteiger partial charge in [0.1, 0.15) is 0 Å². The van der Waals surface area contributed by atoms with Crippen molar-refractivity contribution in [1.29, 1.82) is 0 Å². The largest absolute Gasteiger partial charge is 0.456 e. The summed E-state index contributed by atoms with van der Waals surface area (Å²) in [5.74, 6) is -1.11. The van der Waals surface area contributed by atoms with Crippen LogP contribution in [0.3, 0.4) is 0 Å². The maximum Gasteiger partial charge on any atom is 0.322 e. The van der Waals surface area contributed by atoms with E-state index in [0.29, 0.717) is 10.4 Å². The van der Waals surface area contributed by atoms with Gasteiger partial charge in [-0.1, -0.05) is 23.3 Å². The molecule has 0 spiro atoms. The Balaban J connectivity index is 1.41. The number of carbonyl (C=O) groups is 3. The second-order valence-electron chi connectivity index (χ2n) is 5.82. The van der Waals surface area contributed by atoms with Crippen LogP contribution >= 0.6 is 11.3 Å². The Bertz CT molecular complexity index is 980. The first-order valence-electron chi connectivity index (χ1n) is 8.45. The van der Waals surface area contributed by atoms with Gasteiger partial charge < -0.3 is 9.15 Å². The predicted molar refractivity (Wildman–Crippen MR) is 102 cm³/mol. The molecule has 9 heteroatoms. The summed E-state index contributed by atoms with van der Waals surface area (Å²) in [4.78, 5) is 37.2. The zero-order valence-corrected chi connectivity index (χ0v) is 15.8. The van der Waals surface area contributed by atoms with Crippen LogP contribution in [0, 0.1) is 6.92 Å². The Kier molecular flexibility index (Phi) is 6.28. The fourth-order valence-corrected chi connectivity index (χ4v) is 3.10. The van der Waals surface area contributed by atoms with E-state index in [1.165, 1.54) is 11.3 Å². The van der Waals surface area contributed by atoms with Crippen LogP contribution in [0.1, 0.15) is 27.4 Å². The highest BCUT2D eigenvalue weighted by atomic mass is 32.1. The van der Waals surface area contributed by atoms with Crippen LogP contribution in [0.5, 0.6) is 0 Å². The number of hydrogen-bond acceptors (Lipinski definition) is 8. The van der Waals surface area contributed by atoms with Gasteiger partial charge in [-0.25, -0.2) is 0 Å². The maximum absolute atomic E-state index is 12.0. The van der Waals surface area contributed by atoms with Crippen molar-refractivity contribution in [3.63, 3.8) is 0 Å². The number of aromatic nitrogens is 2. The molecule has 1 aromatic carbocycles. The Morgan fingerprint density at radius 3 is 2.57 bits per heavy atom. The van der Waals surface area contributed by atoms with Gasteiger partial charge in [0.25, 0.3) is 5.91 Å². The molecular weight excluding hydrogens is 382 g/mol. The first-order valence-corrected chi connectivity index (χ1v) is 9.27. The summed E-state index contributed by atoms with van der Waals surface area (Å²) < 4.78 is 10.2. The maximum atomic E-state index is 12.0. The van der Waals surface area contributed by atoms with E-state index in [1.54, 1.807) is 18.2 Å². The number of carbonyl (C=O) groups excluding carboxylic acids is 3. The molecule has 3 rings (SSSR count). The summed E-state index contributed by atoms with van der Waals surface area (Å²) in [7, 11) is 0. The van der Waals surface area contributed by atoms with Crippen LogP contribution in [0.15, 0.2) is 46.9 Å². The van der Waals surface area contributed by atoms with E-state index in [0.717, 1.165) is 4.88 Å². The number of rotatable bonds is 8. The lowest BCUT2D eigenvalue weighted by Gasteiger charge is -2.03. The number of thiophene rings is 1. The first-order chi connectivity index (χ1) is 13.5. The van der Waals surface area contributed by atoms with E-state index in [2.05, 4.69) is 15.5 Å². The van der Waals surface area contributed by atoms with Gasteiger partial charge in [0, 0.05) is 16.9 Å². The summed E-state index contributed by atoms with van der Waals surface area (Å²) >= 11 is 1.38. The normalized spacial score (nSPS) is 10.5. The van der Waals surface area contributed by atoms with Crippen molar-refractivity contribution in [2.45, 2.75) is 19.8 Å². The highest BCUT2D eigenvalue weighted by molar-refractivity contribution is 7.14. The number of nitrogens with zero attached hydrogens (tertiary/aromatic N) is 2. The van der Waals surface area contributed by atoms with Crippen molar-refractivity contribution in [2.24, 2.45) is 0 Å². The van der Waals surface area contributed by atoms with E-state index in [-0.39, 0.29) is 30.5 Å². The fourth-order valence-electron chi connectivity index (χ4n) is 2.27. The lowest BCUT2D eigenvalue weighted by atomic mass is 10.2. The van der Waals surface area contributed by atoms with Gasteiger partial charge in [-0.3, -0.25) is 19.7 Å². The quantitative estimate of drug-likeness (QED) is 0.457.